The molecule has 0 spiro atoms. The minimum absolute atomic E-state index is 0.138. The molecule has 17 heavy (non-hydrogen) atoms. The van der Waals surface area contributed by atoms with Crippen LogP contribution in [0.2, 0.25) is 10.0 Å². The number of hydrogen-bond acceptors (Lipinski definition) is 3. The van der Waals surface area contributed by atoms with Crippen LogP contribution in [0.25, 0.3) is 0 Å². The molecule has 0 aromatic heterocycles. The zero-order valence-corrected chi connectivity index (χ0v) is 11.0. The monoisotopic (exact) mass is 272 g/mol. The van der Waals surface area contributed by atoms with Gasteiger partial charge < -0.3 is 10.5 Å². The SMILES string of the molecule is CC(CC1COC(N)=N1)c1ccc(Cl)c(Cl)c1. The molecular formula is C12H14Cl2N2O. The zero-order chi connectivity index (χ0) is 12.4. The molecule has 1 heterocycles. The van der Waals surface area contributed by atoms with Crippen LogP contribution in [0.3, 0.4) is 0 Å². The van der Waals surface area contributed by atoms with Gasteiger partial charge in [0, 0.05) is 0 Å². The van der Waals surface area contributed by atoms with E-state index in [9.17, 15) is 0 Å². The molecule has 1 aliphatic heterocycles. The molecule has 5 heteroatoms. The third kappa shape index (κ3) is 3.05. The summed E-state index contributed by atoms with van der Waals surface area (Å²) < 4.78 is 5.13. The van der Waals surface area contributed by atoms with Crippen molar-refractivity contribution in [3.63, 3.8) is 0 Å². The van der Waals surface area contributed by atoms with Crippen LogP contribution in [0, 0.1) is 0 Å². The van der Waals surface area contributed by atoms with E-state index in [1.165, 1.54) is 0 Å². The highest BCUT2D eigenvalue weighted by Crippen LogP contribution is 2.29. The Labute approximate surface area is 111 Å². The Morgan fingerprint density at radius 1 is 1.47 bits per heavy atom. The van der Waals surface area contributed by atoms with Crippen LogP contribution in [0.15, 0.2) is 23.2 Å². The molecule has 2 atom stereocenters. The molecule has 2 rings (SSSR count). The Morgan fingerprint density at radius 2 is 2.24 bits per heavy atom. The van der Waals surface area contributed by atoms with Gasteiger partial charge >= 0.3 is 0 Å². The second kappa shape index (κ2) is 5.15. The standard InChI is InChI=1S/C12H14Cl2N2O/c1-7(4-9-6-17-12(15)16-9)8-2-3-10(13)11(14)5-8/h2-3,5,7,9H,4,6H2,1H3,(H2,15,16). The molecule has 0 saturated heterocycles. The quantitative estimate of drug-likeness (QED) is 0.919. The van der Waals surface area contributed by atoms with E-state index in [-0.39, 0.29) is 12.1 Å². The lowest BCUT2D eigenvalue weighted by Crippen LogP contribution is -2.11. The van der Waals surface area contributed by atoms with Crippen molar-refractivity contribution in [1.29, 1.82) is 0 Å². The normalized spacial score (nSPS) is 20.9. The smallest absolute Gasteiger partial charge is 0.282 e. The molecule has 0 bridgehead atoms. The van der Waals surface area contributed by atoms with Crippen molar-refractivity contribution in [3.8, 4) is 0 Å². The van der Waals surface area contributed by atoms with E-state index in [1.54, 1.807) is 0 Å². The summed E-state index contributed by atoms with van der Waals surface area (Å²) in [5, 5.41) is 1.16. The van der Waals surface area contributed by atoms with Crippen molar-refractivity contribution in [2.75, 3.05) is 6.61 Å². The Kier molecular flexibility index (Phi) is 3.79. The topological polar surface area (TPSA) is 47.6 Å². The fourth-order valence-electron chi connectivity index (χ4n) is 1.92. The molecule has 1 aromatic rings. The number of ether oxygens (including phenoxy) is 1. The summed E-state index contributed by atoms with van der Waals surface area (Å²) in [4.78, 5) is 4.21. The number of aliphatic imine (C=N–C) groups is 1. The molecule has 0 saturated carbocycles. The van der Waals surface area contributed by atoms with Gasteiger partial charge in [0.1, 0.15) is 6.61 Å². The summed E-state index contributed by atoms with van der Waals surface area (Å²) in [6.45, 7) is 2.70. The zero-order valence-electron chi connectivity index (χ0n) is 9.49. The molecular weight excluding hydrogens is 259 g/mol. The number of rotatable bonds is 3. The van der Waals surface area contributed by atoms with Crippen LogP contribution >= 0.6 is 23.2 Å². The van der Waals surface area contributed by atoms with Gasteiger partial charge in [-0.15, -0.1) is 0 Å². The average Bonchev–Trinajstić information content (AvgIpc) is 2.68. The van der Waals surface area contributed by atoms with Crippen LogP contribution in [0.4, 0.5) is 0 Å². The maximum Gasteiger partial charge on any atom is 0.282 e. The lowest BCUT2D eigenvalue weighted by atomic mass is 9.94. The molecule has 0 radical (unpaired) electrons. The summed E-state index contributed by atoms with van der Waals surface area (Å²) in [6.07, 6.45) is 0.888. The van der Waals surface area contributed by atoms with Gasteiger partial charge in [0.15, 0.2) is 0 Å². The average molecular weight is 273 g/mol. The fourth-order valence-corrected chi connectivity index (χ4v) is 2.23. The highest BCUT2D eigenvalue weighted by molar-refractivity contribution is 6.42. The van der Waals surface area contributed by atoms with Crippen LogP contribution < -0.4 is 5.73 Å². The first-order chi connectivity index (χ1) is 8.06. The number of hydrogen-bond donors (Lipinski definition) is 1. The van der Waals surface area contributed by atoms with Gasteiger partial charge in [0.05, 0.1) is 16.1 Å². The third-order valence-electron chi connectivity index (χ3n) is 2.87. The van der Waals surface area contributed by atoms with Gasteiger partial charge in [0.2, 0.25) is 0 Å². The molecule has 1 aliphatic rings. The third-order valence-corrected chi connectivity index (χ3v) is 3.61. The molecule has 2 N–H and O–H groups in total. The summed E-state index contributed by atoms with van der Waals surface area (Å²) in [5.41, 5.74) is 6.63. The number of halogens is 2. The van der Waals surface area contributed by atoms with Crippen molar-refractivity contribution in [2.45, 2.75) is 25.3 Å². The first-order valence-electron chi connectivity index (χ1n) is 5.47. The highest BCUT2D eigenvalue weighted by Gasteiger charge is 2.20. The molecule has 0 amide bonds. The first-order valence-corrected chi connectivity index (χ1v) is 6.23. The van der Waals surface area contributed by atoms with E-state index < -0.39 is 0 Å². The highest BCUT2D eigenvalue weighted by atomic mass is 35.5. The van der Waals surface area contributed by atoms with Gasteiger partial charge in [-0.25, -0.2) is 4.99 Å². The number of benzene rings is 1. The second-order valence-electron chi connectivity index (χ2n) is 4.24. The van der Waals surface area contributed by atoms with Crippen molar-refractivity contribution < 1.29 is 4.74 Å². The van der Waals surface area contributed by atoms with Crippen molar-refractivity contribution in [1.82, 2.24) is 0 Å². The maximum atomic E-state index is 5.99. The number of nitrogens with zero attached hydrogens (tertiary/aromatic N) is 1. The second-order valence-corrected chi connectivity index (χ2v) is 5.06. The molecule has 92 valence electrons. The van der Waals surface area contributed by atoms with Crippen molar-refractivity contribution in [3.05, 3.63) is 33.8 Å². The van der Waals surface area contributed by atoms with Gasteiger partial charge in [-0.3, -0.25) is 0 Å². The van der Waals surface area contributed by atoms with Gasteiger partial charge in [-0.1, -0.05) is 36.2 Å². The summed E-state index contributed by atoms with van der Waals surface area (Å²) in [5.74, 6) is 0.341. The van der Waals surface area contributed by atoms with E-state index >= 15 is 0 Å². The molecule has 3 nitrogen and oxygen atoms in total. The van der Waals surface area contributed by atoms with E-state index in [1.807, 2.05) is 18.2 Å². The van der Waals surface area contributed by atoms with Crippen LogP contribution in [0.5, 0.6) is 0 Å². The Bertz CT molecular complexity index is 448. The maximum absolute atomic E-state index is 5.99. The summed E-state index contributed by atoms with van der Waals surface area (Å²) in [6, 6.07) is 6.13. The van der Waals surface area contributed by atoms with E-state index in [0.717, 1.165) is 12.0 Å². The molecule has 2 unspecified atom stereocenters. The Balaban J connectivity index is 2.04. The summed E-state index contributed by atoms with van der Waals surface area (Å²) >= 11 is 11.9. The van der Waals surface area contributed by atoms with Gasteiger partial charge in [0.25, 0.3) is 6.02 Å². The van der Waals surface area contributed by atoms with E-state index in [4.69, 9.17) is 33.7 Å². The fraction of sp³-hybridized carbons (Fsp3) is 0.417. The van der Waals surface area contributed by atoms with E-state index in [2.05, 4.69) is 11.9 Å². The first kappa shape index (κ1) is 12.5. The Morgan fingerprint density at radius 3 is 2.82 bits per heavy atom. The number of amidine groups is 1. The van der Waals surface area contributed by atoms with Gasteiger partial charge in [-0.2, -0.15) is 0 Å². The minimum Gasteiger partial charge on any atom is -0.463 e. The van der Waals surface area contributed by atoms with Crippen LogP contribution in [0.1, 0.15) is 24.8 Å². The largest absolute Gasteiger partial charge is 0.463 e. The predicted molar refractivity (Wildman–Crippen MR) is 70.9 cm³/mol. The minimum atomic E-state index is 0.138. The molecule has 0 fully saturated rings. The number of nitrogens with two attached hydrogens (primary N) is 1. The predicted octanol–water partition coefficient (Wildman–Crippen LogP) is 3.20. The summed E-state index contributed by atoms with van der Waals surface area (Å²) in [7, 11) is 0. The van der Waals surface area contributed by atoms with Crippen molar-refractivity contribution in [2.24, 2.45) is 10.7 Å². The molecule has 1 aromatic carbocycles. The van der Waals surface area contributed by atoms with Crippen LogP contribution in [-0.2, 0) is 4.74 Å². The van der Waals surface area contributed by atoms with Gasteiger partial charge in [-0.05, 0) is 30.0 Å². The Hall–Kier alpha value is -0.930. The lowest BCUT2D eigenvalue weighted by molar-refractivity contribution is 0.303. The van der Waals surface area contributed by atoms with Crippen molar-refractivity contribution >= 4 is 29.2 Å². The molecule has 0 aliphatic carbocycles. The van der Waals surface area contributed by atoms with Crippen LogP contribution in [-0.4, -0.2) is 18.7 Å². The lowest BCUT2D eigenvalue weighted by Gasteiger charge is -2.14. The van der Waals surface area contributed by atoms with E-state index in [0.29, 0.717) is 22.6 Å².